The SMILES string of the molecule is C=CCc1cc([N+](=O)[O-])ccc1OCC(=O)Nc1cc(Cl)cc(Cl)c1. The minimum atomic E-state index is -0.494. The summed E-state index contributed by atoms with van der Waals surface area (Å²) in [6.45, 7) is 3.34. The van der Waals surface area contributed by atoms with Gasteiger partial charge in [-0.3, -0.25) is 14.9 Å². The number of benzene rings is 2. The van der Waals surface area contributed by atoms with Gasteiger partial charge in [-0.1, -0.05) is 29.3 Å². The highest BCUT2D eigenvalue weighted by Crippen LogP contribution is 2.25. The molecule has 0 fully saturated rings. The predicted molar refractivity (Wildman–Crippen MR) is 97.6 cm³/mol. The van der Waals surface area contributed by atoms with Gasteiger partial charge in [-0.2, -0.15) is 0 Å². The van der Waals surface area contributed by atoms with Crippen molar-refractivity contribution >= 4 is 40.5 Å². The molecule has 1 amide bonds. The molecule has 2 aromatic rings. The van der Waals surface area contributed by atoms with Gasteiger partial charge in [0.2, 0.25) is 0 Å². The lowest BCUT2D eigenvalue weighted by atomic mass is 10.1. The molecule has 0 aliphatic carbocycles. The lowest BCUT2D eigenvalue weighted by Gasteiger charge is -2.11. The molecule has 0 saturated carbocycles. The molecule has 0 heterocycles. The Morgan fingerprint density at radius 2 is 1.92 bits per heavy atom. The molecule has 2 rings (SSSR count). The zero-order chi connectivity index (χ0) is 18.4. The maximum atomic E-state index is 12.0. The fourth-order valence-electron chi connectivity index (χ4n) is 2.10. The normalized spacial score (nSPS) is 10.2. The summed E-state index contributed by atoms with van der Waals surface area (Å²) < 4.78 is 5.47. The lowest BCUT2D eigenvalue weighted by molar-refractivity contribution is -0.384. The van der Waals surface area contributed by atoms with Crippen LogP contribution in [0.15, 0.2) is 49.1 Å². The van der Waals surface area contributed by atoms with Gasteiger partial charge in [0.1, 0.15) is 5.75 Å². The van der Waals surface area contributed by atoms with Gasteiger partial charge in [-0.15, -0.1) is 6.58 Å². The number of carbonyl (C=O) groups excluding carboxylic acids is 1. The van der Waals surface area contributed by atoms with Crippen LogP contribution in [0.2, 0.25) is 10.0 Å². The van der Waals surface area contributed by atoms with Crippen molar-refractivity contribution in [2.45, 2.75) is 6.42 Å². The van der Waals surface area contributed by atoms with E-state index in [1.54, 1.807) is 24.3 Å². The summed E-state index contributed by atoms with van der Waals surface area (Å²) in [6, 6.07) is 8.83. The van der Waals surface area contributed by atoms with Crippen LogP contribution in [-0.4, -0.2) is 17.4 Å². The van der Waals surface area contributed by atoms with E-state index in [1.807, 2.05) is 0 Å². The van der Waals surface area contributed by atoms with Crippen molar-refractivity contribution in [1.82, 2.24) is 0 Å². The Morgan fingerprint density at radius 3 is 2.52 bits per heavy atom. The molecule has 6 nitrogen and oxygen atoms in total. The van der Waals surface area contributed by atoms with Crippen molar-refractivity contribution in [3.8, 4) is 5.75 Å². The Balaban J connectivity index is 2.05. The molecule has 0 unspecified atom stereocenters. The molecule has 0 aromatic heterocycles. The van der Waals surface area contributed by atoms with E-state index in [0.29, 0.717) is 33.5 Å². The van der Waals surface area contributed by atoms with Crippen LogP contribution < -0.4 is 10.1 Å². The predicted octanol–water partition coefficient (Wildman–Crippen LogP) is 4.65. The molecule has 130 valence electrons. The lowest BCUT2D eigenvalue weighted by Crippen LogP contribution is -2.20. The highest BCUT2D eigenvalue weighted by Gasteiger charge is 2.12. The van der Waals surface area contributed by atoms with Crippen LogP contribution in [0.5, 0.6) is 5.75 Å². The fraction of sp³-hybridized carbons (Fsp3) is 0.118. The number of ether oxygens (including phenoxy) is 1. The smallest absolute Gasteiger partial charge is 0.269 e. The van der Waals surface area contributed by atoms with Crippen LogP contribution in [-0.2, 0) is 11.2 Å². The molecule has 0 radical (unpaired) electrons. The quantitative estimate of drug-likeness (QED) is 0.430. The van der Waals surface area contributed by atoms with E-state index >= 15 is 0 Å². The molecule has 0 bridgehead atoms. The van der Waals surface area contributed by atoms with Gasteiger partial charge in [0, 0.05) is 33.4 Å². The van der Waals surface area contributed by atoms with Crippen molar-refractivity contribution < 1.29 is 14.5 Å². The van der Waals surface area contributed by atoms with Crippen LogP contribution in [0.25, 0.3) is 0 Å². The molecule has 0 spiro atoms. The van der Waals surface area contributed by atoms with E-state index in [1.165, 1.54) is 18.2 Å². The number of nitrogens with one attached hydrogen (secondary N) is 1. The summed E-state index contributed by atoms with van der Waals surface area (Å²) in [5.41, 5.74) is 0.964. The molecule has 2 aromatic carbocycles. The van der Waals surface area contributed by atoms with Gasteiger partial charge in [0.15, 0.2) is 6.61 Å². The first-order valence-electron chi connectivity index (χ1n) is 7.16. The topological polar surface area (TPSA) is 81.5 Å². The third kappa shape index (κ3) is 5.48. The molecular weight excluding hydrogens is 367 g/mol. The van der Waals surface area contributed by atoms with E-state index < -0.39 is 10.8 Å². The van der Waals surface area contributed by atoms with Crippen molar-refractivity contribution in [3.05, 3.63) is 74.8 Å². The van der Waals surface area contributed by atoms with Crippen LogP contribution in [0.4, 0.5) is 11.4 Å². The van der Waals surface area contributed by atoms with Crippen molar-refractivity contribution in [3.63, 3.8) is 0 Å². The molecule has 25 heavy (non-hydrogen) atoms. The zero-order valence-electron chi connectivity index (χ0n) is 13.0. The number of halogens is 2. The number of hydrogen-bond donors (Lipinski definition) is 1. The summed E-state index contributed by atoms with van der Waals surface area (Å²) in [4.78, 5) is 22.4. The summed E-state index contributed by atoms with van der Waals surface area (Å²) in [5, 5.41) is 14.3. The number of amides is 1. The fourth-order valence-corrected chi connectivity index (χ4v) is 2.63. The third-order valence-electron chi connectivity index (χ3n) is 3.12. The Labute approximate surface area is 154 Å². The molecule has 0 atom stereocenters. The molecule has 0 aliphatic heterocycles. The Morgan fingerprint density at radius 1 is 1.24 bits per heavy atom. The molecule has 0 saturated heterocycles. The first-order chi connectivity index (χ1) is 11.9. The van der Waals surface area contributed by atoms with Crippen molar-refractivity contribution in [2.24, 2.45) is 0 Å². The van der Waals surface area contributed by atoms with E-state index in [9.17, 15) is 14.9 Å². The molecule has 1 N–H and O–H groups in total. The Kier molecular flexibility index (Phi) is 6.38. The first-order valence-corrected chi connectivity index (χ1v) is 7.91. The van der Waals surface area contributed by atoms with Crippen molar-refractivity contribution in [1.29, 1.82) is 0 Å². The van der Waals surface area contributed by atoms with Crippen LogP contribution in [0, 0.1) is 10.1 Å². The van der Waals surface area contributed by atoms with Gasteiger partial charge >= 0.3 is 0 Å². The highest BCUT2D eigenvalue weighted by atomic mass is 35.5. The minimum Gasteiger partial charge on any atom is -0.483 e. The van der Waals surface area contributed by atoms with Crippen LogP contribution in [0.1, 0.15) is 5.56 Å². The number of anilines is 1. The monoisotopic (exact) mass is 380 g/mol. The molecular formula is C17H14Cl2N2O4. The number of nitro benzene ring substituents is 1. The number of carbonyl (C=O) groups is 1. The maximum Gasteiger partial charge on any atom is 0.269 e. The van der Waals surface area contributed by atoms with E-state index in [-0.39, 0.29) is 12.3 Å². The number of hydrogen-bond acceptors (Lipinski definition) is 4. The average molecular weight is 381 g/mol. The Bertz CT molecular complexity index is 804. The zero-order valence-corrected chi connectivity index (χ0v) is 14.5. The van der Waals surface area contributed by atoms with E-state index in [0.717, 1.165) is 0 Å². The number of rotatable bonds is 7. The van der Waals surface area contributed by atoms with Crippen molar-refractivity contribution in [2.75, 3.05) is 11.9 Å². The van der Waals surface area contributed by atoms with E-state index in [2.05, 4.69) is 11.9 Å². The first kappa shape index (κ1) is 18.8. The maximum absolute atomic E-state index is 12.0. The van der Waals surface area contributed by atoms with Gasteiger partial charge in [-0.25, -0.2) is 0 Å². The largest absolute Gasteiger partial charge is 0.483 e. The number of non-ortho nitro benzene ring substituents is 1. The number of allylic oxidation sites excluding steroid dienone is 1. The minimum absolute atomic E-state index is 0.0535. The average Bonchev–Trinajstić information content (AvgIpc) is 2.52. The standard InChI is InChI=1S/C17H14Cl2N2O4/c1-2-3-11-6-15(21(23)24)4-5-16(11)25-10-17(22)20-14-8-12(18)7-13(19)9-14/h2,4-9H,1,3,10H2,(H,20,22). The molecule has 0 aliphatic rings. The van der Waals surface area contributed by atoms with E-state index in [4.69, 9.17) is 27.9 Å². The summed E-state index contributed by atoms with van der Waals surface area (Å²) in [5.74, 6) is -0.0361. The van der Waals surface area contributed by atoms with Gasteiger partial charge < -0.3 is 10.1 Å². The molecule has 8 heteroatoms. The van der Waals surface area contributed by atoms with Gasteiger partial charge in [0.25, 0.3) is 11.6 Å². The summed E-state index contributed by atoms with van der Waals surface area (Å²) in [6.07, 6.45) is 1.97. The summed E-state index contributed by atoms with van der Waals surface area (Å²) >= 11 is 11.7. The Hall–Kier alpha value is -2.57. The highest BCUT2D eigenvalue weighted by molar-refractivity contribution is 6.35. The van der Waals surface area contributed by atoms with Gasteiger partial charge in [-0.05, 0) is 30.7 Å². The number of nitro groups is 1. The summed E-state index contributed by atoms with van der Waals surface area (Å²) in [7, 11) is 0. The van der Waals surface area contributed by atoms with Gasteiger partial charge in [0.05, 0.1) is 4.92 Å². The number of nitrogens with zero attached hydrogens (tertiary/aromatic N) is 1. The second-order valence-corrected chi connectivity index (χ2v) is 5.91. The second-order valence-electron chi connectivity index (χ2n) is 5.04. The third-order valence-corrected chi connectivity index (χ3v) is 3.56. The van der Waals surface area contributed by atoms with Crippen LogP contribution >= 0.6 is 23.2 Å². The second kappa shape index (κ2) is 8.50. The van der Waals surface area contributed by atoms with Crippen LogP contribution in [0.3, 0.4) is 0 Å².